The fraction of sp³-hybridized carbons (Fsp3) is 0.280. The van der Waals surface area contributed by atoms with Gasteiger partial charge in [-0.2, -0.15) is 0 Å². The van der Waals surface area contributed by atoms with Crippen LogP contribution in [0.3, 0.4) is 0 Å². The molecular formula is C25H27N5OS2. The molecule has 0 bridgehead atoms. The first-order valence-electron chi connectivity index (χ1n) is 10.9. The lowest BCUT2D eigenvalue weighted by atomic mass is 10.1. The number of aryl methyl sites for hydroxylation is 1. The molecule has 6 nitrogen and oxygen atoms in total. The standard InChI is InChI=1S/C25H27N5OS2/c1-5-29-23(14-20-11-7-6-8-12-20)27-28-25(29)33-16-21-15-32-24(26-21)30(19(4)31)22-13-9-10-17(2)18(22)3/h6-13,15H,5,14,16H2,1-4H3. The van der Waals surface area contributed by atoms with Crippen LogP contribution in [0, 0.1) is 13.8 Å². The number of thioether (sulfide) groups is 1. The van der Waals surface area contributed by atoms with Gasteiger partial charge in [0.15, 0.2) is 10.3 Å². The van der Waals surface area contributed by atoms with Gasteiger partial charge in [-0.3, -0.25) is 9.69 Å². The molecule has 0 aliphatic carbocycles. The number of rotatable bonds is 8. The number of anilines is 2. The van der Waals surface area contributed by atoms with Crippen LogP contribution < -0.4 is 4.90 Å². The Morgan fingerprint density at radius 3 is 2.61 bits per heavy atom. The Balaban J connectivity index is 1.50. The molecule has 0 fully saturated rings. The summed E-state index contributed by atoms with van der Waals surface area (Å²) in [6.45, 7) is 8.59. The molecule has 0 N–H and O–H groups in total. The molecule has 0 saturated carbocycles. The Bertz CT molecular complexity index is 1250. The van der Waals surface area contributed by atoms with Crippen molar-refractivity contribution in [1.82, 2.24) is 19.7 Å². The highest BCUT2D eigenvalue weighted by Crippen LogP contribution is 2.33. The molecule has 0 aliphatic rings. The van der Waals surface area contributed by atoms with Crippen LogP contribution in [-0.4, -0.2) is 25.7 Å². The molecule has 4 aromatic rings. The number of nitrogens with zero attached hydrogens (tertiary/aromatic N) is 5. The van der Waals surface area contributed by atoms with Gasteiger partial charge < -0.3 is 4.57 Å². The maximum atomic E-state index is 12.5. The molecule has 2 aromatic carbocycles. The van der Waals surface area contributed by atoms with E-state index in [1.807, 2.05) is 42.6 Å². The van der Waals surface area contributed by atoms with Crippen LogP contribution in [0.25, 0.3) is 0 Å². The van der Waals surface area contributed by atoms with Crippen molar-refractivity contribution < 1.29 is 4.79 Å². The van der Waals surface area contributed by atoms with Gasteiger partial charge in [0.05, 0.1) is 11.4 Å². The Morgan fingerprint density at radius 2 is 1.88 bits per heavy atom. The molecule has 8 heteroatoms. The number of hydrogen-bond acceptors (Lipinski definition) is 6. The first kappa shape index (κ1) is 23.2. The van der Waals surface area contributed by atoms with Gasteiger partial charge in [0, 0.05) is 31.0 Å². The van der Waals surface area contributed by atoms with Gasteiger partial charge in [0.2, 0.25) is 5.91 Å². The Hall–Kier alpha value is -2.97. The monoisotopic (exact) mass is 477 g/mol. The lowest BCUT2D eigenvalue weighted by molar-refractivity contribution is -0.115. The number of amides is 1. The van der Waals surface area contributed by atoms with Gasteiger partial charge in [-0.15, -0.1) is 21.5 Å². The van der Waals surface area contributed by atoms with Crippen LogP contribution in [-0.2, 0) is 23.5 Å². The number of aromatic nitrogens is 4. The number of thiazole rings is 1. The van der Waals surface area contributed by atoms with Crippen LogP contribution in [0.2, 0.25) is 0 Å². The van der Waals surface area contributed by atoms with E-state index in [-0.39, 0.29) is 5.91 Å². The maximum absolute atomic E-state index is 12.5. The summed E-state index contributed by atoms with van der Waals surface area (Å²) in [6, 6.07) is 16.3. The predicted molar refractivity (Wildman–Crippen MR) is 135 cm³/mol. The Labute approximate surface area is 202 Å². The van der Waals surface area contributed by atoms with Crippen LogP contribution in [0.4, 0.5) is 10.8 Å². The summed E-state index contributed by atoms with van der Waals surface area (Å²) in [5, 5.41) is 12.4. The molecule has 2 aromatic heterocycles. The molecule has 2 heterocycles. The van der Waals surface area contributed by atoms with Crippen molar-refractivity contribution in [1.29, 1.82) is 0 Å². The largest absolute Gasteiger partial charge is 0.306 e. The number of carbonyl (C=O) groups excluding carboxylic acids is 1. The highest BCUT2D eigenvalue weighted by Gasteiger charge is 2.21. The summed E-state index contributed by atoms with van der Waals surface area (Å²) < 4.78 is 2.16. The predicted octanol–water partition coefficient (Wildman–Crippen LogP) is 5.94. The second-order valence-corrected chi connectivity index (χ2v) is 9.57. The molecule has 33 heavy (non-hydrogen) atoms. The fourth-order valence-corrected chi connectivity index (χ4v) is 5.54. The zero-order valence-electron chi connectivity index (χ0n) is 19.3. The third-order valence-corrected chi connectivity index (χ3v) is 7.40. The van der Waals surface area contributed by atoms with Crippen molar-refractivity contribution in [2.24, 2.45) is 0 Å². The van der Waals surface area contributed by atoms with E-state index >= 15 is 0 Å². The summed E-state index contributed by atoms with van der Waals surface area (Å²) in [5.41, 5.74) is 5.26. The van der Waals surface area contributed by atoms with Gasteiger partial charge in [-0.1, -0.05) is 54.2 Å². The van der Waals surface area contributed by atoms with E-state index in [0.29, 0.717) is 10.9 Å². The average Bonchev–Trinajstić information content (AvgIpc) is 3.42. The number of carbonyl (C=O) groups is 1. The third-order valence-electron chi connectivity index (χ3n) is 5.53. The van der Waals surface area contributed by atoms with Gasteiger partial charge in [-0.05, 0) is 43.5 Å². The lowest BCUT2D eigenvalue weighted by Gasteiger charge is -2.21. The van der Waals surface area contributed by atoms with Crippen molar-refractivity contribution >= 4 is 39.8 Å². The topological polar surface area (TPSA) is 63.9 Å². The van der Waals surface area contributed by atoms with Crippen LogP contribution >= 0.6 is 23.1 Å². The summed E-state index contributed by atoms with van der Waals surface area (Å²) in [4.78, 5) is 19.0. The lowest BCUT2D eigenvalue weighted by Crippen LogP contribution is -2.23. The molecule has 0 radical (unpaired) electrons. The van der Waals surface area contributed by atoms with Gasteiger partial charge in [-0.25, -0.2) is 4.98 Å². The SMILES string of the molecule is CCn1c(Cc2ccccc2)nnc1SCc1csc(N(C(C)=O)c2cccc(C)c2C)n1. The molecule has 170 valence electrons. The average molecular weight is 478 g/mol. The van der Waals surface area contributed by atoms with E-state index in [9.17, 15) is 4.79 Å². The zero-order valence-corrected chi connectivity index (χ0v) is 20.9. The molecule has 4 rings (SSSR count). The molecule has 0 unspecified atom stereocenters. The van der Waals surface area contributed by atoms with E-state index in [1.54, 1.807) is 23.6 Å². The quantitative estimate of drug-likeness (QED) is 0.294. The third kappa shape index (κ3) is 5.17. The maximum Gasteiger partial charge on any atom is 0.230 e. The minimum absolute atomic E-state index is 0.0477. The van der Waals surface area contributed by atoms with Gasteiger partial charge in [0.25, 0.3) is 0 Å². The molecule has 0 aliphatic heterocycles. The second kappa shape index (κ2) is 10.3. The summed E-state index contributed by atoms with van der Waals surface area (Å²) in [7, 11) is 0. The highest BCUT2D eigenvalue weighted by molar-refractivity contribution is 7.98. The Kier molecular flexibility index (Phi) is 7.25. The normalized spacial score (nSPS) is 11.0. The first-order valence-corrected chi connectivity index (χ1v) is 12.7. The zero-order chi connectivity index (χ0) is 23.4. The van der Waals surface area contributed by atoms with Crippen molar-refractivity contribution in [3.8, 4) is 0 Å². The smallest absolute Gasteiger partial charge is 0.230 e. The van der Waals surface area contributed by atoms with Crippen LogP contribution in [0.1, 0.15) is 42.1 Å². The van der Waals surface area contributed by atoms with E-state index < -0.39 is 0 Å². The molecular weight excluding hydrogens is 450 g/mol. The van der Waals surface area contributed by atoms with E-state index in [4.69, 9.17) is 4.98 Å². The first-order chi connectivity index (χ1) is 16.0. The fourth-order valence-electron chi connectivity index (χ4n) is 3.64. The highest BCUT2D eigenvalue weighted by atomic mass is 32.2. The summed E-state index contributed by atoms with van der Waals surface area (Å²) in [6.07, 6.45) is 0.756. The van der Waals surface area contributed by atoms with Crippen molar-refractivity contribution in [3.05, 3.63) is 82.1 Å². The van der Waals surface area contributed by atoms with Crippen molar-refractivity contribution in [2.45, 2.75) is 51.6 Å². The van der Waals surface area contributed by atoms with E-state index in [2.05, 4.69) is 46.8 Å². The second-order valence-electron chi connectivity index (χ2n) is 7.79. The van der Waals surface area contributed by atoms with E-state index in [1.165, 1.54) is 16.9 Å². The number of benzene rings is 2. The van der Waals surface area contributed by atoms with Gasteiger partial charge >= 0.3 is 0 Å². The molecule has 1 amide bonds. The molecule has 0 atom stereocenters. The molecule has 0 saturated heterocycles. The van der Waals surface area contributed by atoms with Crippen LogP contribution in [0.15, 0.2) is 59.1 Å². The summed E-state index contributed by atoms with van der Waals surface area (Å²) in [5.74, 6) is 1.58. The Morgan fingerprint density at radius 1 is 1.09 bits per heavy atom. The molecule has 0 spiro atoms. The van der Waals surface area contributed by atoms with Crippen LogP contribution in [0.5, 0.6) is 0 Å². The van der Waals surface area contributed by atoms with E-state index in [0.717, 1.165) is 46.5 Å². The minimum atomic E-state index is -0.0477. The van der Waals surface area contributed by atoms with Gasteiger partial charge in [0.1, 0.15) is 5.82 Å². The minimum Gasteiger partial charge on any atom is -0.306 e. The summed E-state index contributed by atoms with van der Waals surface area (Å²) >= 11 is 3.11. The number of hydrogen-bond donors (Lipinski definition) is 0. The van der Waals surface area contributed by atoms with Crippen molar-refractivity contribution in [2.75, 3.05) is 4.90 Å². The van der Waals surface area contributed by atoms with Crippen molar-refractivity contribution in [3.63, 3.8) is 0 Å².